The lowest BCUT2D eigenvalue weighted by Gasteiger charge is -2.07. The number of carboxylic acid groups (broad SMARTS) is 1. The lowest BCUT2D eigenvalue weighted by atomic mass is 10.2. The van der Waals surface area contributed by atoms with Crippen LogP contribution in [0.15, 0.2) is 29.6 Å². The Hall–Kier alpha value is -1.59. The van der Waals surface area contributed by atoms with E-state index in [0.29, 0.717) is 5.56 Å². The van der Waals surface area contributed by atoms with E-state index in [2.05, 4.69) is 0 Å². The fourth-order valence-corrected chi connectivity index (χ4v) is 2.42. The zero-order chi connectivity index (χ0) is 13.1. The molecule has 94 valence electrons. The second kappa shape index (κ2) is 5.37. The predicted molar refractivity (Wildman–Crippen MR) is 67.0 cm³/mol. The average molecular weight is 287 g/mol. The Morgan fingerprint density at radius 2 is 2.17 bits per heavy atom. The summed E-state index contributed by atoms with van der Waals surface area (Å²) in [5.41, 5.74) is 0.344. The van der Waals surface area contributed by atoms with Crippen LogP contribution in [0, 0.1) is 5.82 Å². The summed E-state index contributed by atoms with van der Waals surface area (Å²) in [5, 5.41) is 10.6. The van der Waals surface area contributed by atoms with Crippen molar-refractivity contribution in [1.29, 1.82) is 0 Å². The Labute approximate surface area is 111 Å². The number of carbonyl (C=O) groups is 1. The van der Waals surface area contributed by atoms with E-state index in [9.17, 15) is 9.18 Å². The molecule has 0 saturated carbocycles. The summed E-state index contributed by atoms with van der Waals surface area (Å²) in [5.74, 6) is -1.44. The number of hydrogen-bond acceptors (Lipinski definition) is 3. The number of hydrogen-bond donors (Lipinski definition) is 1. The topological polar surface area (TPSA) is 46.5 Å². The largest absolute Gasteiger partial charge is 0.485 e. The molecule has 3 nitrogen and oxygen atoms in total. The monoisotopic (exact) mass is 286 g/mol. The maximum atomic E-state index is 13.4. The Morgan fingerprint density at radius 1 is 1.44 bits per heavy atom. The van der Waals surface area contributed by atoms with Gasteiger partial charge in [-0.1, -0.05) is 29.8 Å². The third kappa shape index (κ3) is 2.63. The van der Waals surface area contributed by atoms with E-state index in [1.165, 1.54) is 11.4 Å². The summed E-state index contributed by atoms with van der Waals surface area (Å²) >= 11 is 6.80. The quantitative estimate of drug-likeness (QED) is 0.929. The van der Waals surface area contributed by atoms with Gasteiger partial charge in [0.25, 0.3) is 0 Å². The van der Waals surface area contributed by atoms with Gasteiger partial charge in [0.1, 0.15) is 12.4 Å². The van der Waals surface area contributed by atoms with Crippen molar-refractivity contribution in [3.8, 4) is 5.75 Å². The molecule has 1 heterocycles. The van der Waals surface area contributed by atoms with Crippen molar-refractivity contribution < 1.29 is 19.0 Å². The number of halogens is 2. The van der Waals surface area contributed by atoms with Crippen LogP contribution in [-0.2, 0) is 6.61 Å². The summed E-state index contributed by atoms with van der Waals surface area (Å²) in [4.78, 5) is 10.9. The van der Waals surface area contributed by atoms with Crippen LogP contribution >= 0.6 is 22.9 Å². The van der Waals surface area contributed by atoms with Crippen LogP contribution in [0.3, 0.4) is 0 Å². The van der Waals surface area contributed by atoms with Gasteiger partial charge < -0.3 is 9.84 Å². The molecule has 18 heavy (non-hydrogen) atoms. The lowest BCUT2D eigenvalue weighted by Crippen LogP contribution is -2.02. The van der Waals surface area contributed by atoms with E-state index >= 15 is 0 Å². The fraction of sp³-hybridized carbons (Fsp3) is 0.0833. The molecular weight excluding hydrogens is 279 g/mol. The normalized spacial score (nSPS) is 10.3. The smallest absolute Gasteiger partial charge is 0.349 e. The number of thiophene rings is 1. The molecule has 0 saturated heterocycles. The number of aromatic carboxylic acids is 1. The average Bonchev–Trinajstić information content (AvgIpc) is 2.70. The molecule has 1 N–H and O–H groups in total. The molecular formula is C12H8ClFO3S. The molecule has 0 aliphatic rings. The highest BCUT2D eigenvalue weighted by atomic mass is 35.5. The molecule has 6 heteroatoms. The standard InChI is InChI=1S/C12H8ClFO3S/c13-8-6-18-11(12(15)16)10(8)17-5-7-3-1-2-4-9(7)14/h1-4,6H,5H2,(H,15,16). The van der Waals surface area contributed by atoms with Gasteiger partial charge in [-0.25, -0.2) is 9.18 Å². The van der Waals surface area contributed by atoms with Gasteiger partial charge in [0.15, 0.2) is 10.6 Å². The predicted octanol–water partition coefficient (Wildman–Crippen LogP) is 3.82. The number of rotatable bonds is 4. The van der Waals surface area contributed by atoms with Crippen molar-refractivity contribution in [3.05, 3.63) is 50.9 Å². The molecule has 0 atom stereocenters. The highest BCUT2D eigenvalue weighted by Crippen LogP contribution is 2.35. The first-order chi connectivity index (χ1) is 8.59. The van der Waals surface area contributed by atoms with Crippen molar-refractivity contribution in [2.75, 3.05) is 0 Å². The number of carboxylic acids is 1. The zero-order valence-corrected chi connectivity index (χ0v) is 10.6. The fourth-order valence-electron chi connectivity index (χ4n) is 1.37. The van der Waals surface area contributed by atoms with Gasteiger partial charge >= 0.3 is 5.97 Å². The third-order valence-corrected chi connectivity index (χ3v) is 3.59. The van der Waals surface area contributed by atoms with E-state index in [0.717, 1.165) is 11.3 Å². The van der Waals surface area contributed by atoms with Crippen molar-refractivity contribution >= 4 is 28.9 Å². The molecule has 0 bridgehead atoms. The van der Waals surface area contributed by atoms with Gasteiger partial charge in [-0.2, -0.15) is 0 Å². The maximum absolute atomic E-state index is 13.4. The Balaban J connectivity index is 2.18. The molecule has 0 fully saturated rings. The second-order valence-corrected chi connectivity index (χ2v) is 4.71. The van der Waals surface area contributed by atoms with Crippen molar-refractivity contribution in [1.82, 2.24) is 0 Å². The van der Waals surface area contributed by atoms with E-state index in [4.69, 9.17) is 21.4 Å². The molecule has 0 spiro atoms. The van der Waals surface area contributed by atoms with E-state index < -0.39 is 11.8 Å². The van der Waals surface area contributed by atoms with Crippen LogP contribution in [0.5, 0.6) is 5.75 Å². The van der Waals surface area contributed by atoms with E-state index in [1.54, 1.807) is 18.2 Å². The number of benzene rings is 1. The maximum Gasteiger partial charge on any atom is 0.349 e. The van der Waals surface area contributed by atoms with Crippen molar-refractivity contribution in [3.63, 3.8) is 0 Å². The van der Waals surface area contributed by atoms with Crippen LogP contribution in [0.4, 0.5) is 4.39 Å². The van der Waals surface area contributed by atoms with Gasteiger partial charge in [-0.05, 0) is 6.07 Å². The summed E-state index contributed by atoms with van der Waals surface area (Å²) in [7, 11) is 0. The summed E-state index contributed by atoms with van der Waals surface area (Å²) < 4.78 is 18.6. The van der Waals surface area contributed by atoms with E-state index in [1.807, 2.05) is 0 Å². The molecule has 0 amide bonds. The minimum atomic E-state index is -1.12. The van der Waals surface area contributed by atoms with Crippen LogP contribution in [-0.4, -0.2) is 11.1 Å². The minimum Gasteiger partial charge on any atom is -0.485 e. The van der Waals surface area contributed by atoms with Crippen molar-refractivity contribution in [2.24, 2.45) is 0 Å². The molecule has 1 aromatic carbocycles. The molecule has 0 aliphatic carbocycles. The van der Waals surface area contributed by atoms with Crippen LogP contribution in [0.2, 0.25) is 5.02 Å². The van der Waals surface area contributed by atoms with Gasteiger partial charge in [0, 0.05) is 10.9 Å². The third-order valence-electron chi connectivity index (χ3n) is 2.23. The lowest BCUT2D eigenvalue weighted by molar-refractivity contribution is 0.0697. The van der Waals surface area contributed by atoms with E-state index in [-0.39, 0.29) is 22.3 Å². The van der Waals surface area contributed by atoms with Gasteiger partial charge in [-0.15, -0.1) is 11.3 Å². The Bertz CT molecular complexity index is 582. The first-order valence-electron chi connectivity index (χ1n) is 4.96. The molecule has 0 aliphatic heterocycles. The molecule has 0 radical (unpaired) electrons. The molecule has 1 aromatic heterocycles. The minimum absolute atomic E-state index is 0.0105. The number of ether oxygens (including phenoxy) is 1. The SMILES string of the molecule is O=C(O)c1scc(Cl)c1OCc1ccccc1F. The van der Waals surface area contributed by atoms with Crippen LogP contribution in [0.25, 0.3) is 0 Å². The Kier molecular flexibility index (Phi) is 3.84. The molecule has 2 aromatic rings. The first-order valence-corrected chi connectivity index (χ1v) is 6.22. The van der Waals surface area contributed by atoms with Gasteiger partial charge in [0.2, 0.25) is 0 Å². The highest BCUT2D eigenvalue weighted by Gasteiger charge is 2.18. The second-order valence-electron chi connectivity index (χ2n) is 3.43. The van der Waals surface area contributed by atoms with Crippen LogP contribution in [0.1, 0.15) is 15.2 Å². The highest BCUT2D eigenvalue weighted by molar-refractivity contribution is 7.13. The Morgan fingerprint density at radius 3 is 2.83 bits per heavy atom. The van der Waals surface area contributed by atoms with Gasteiger partial charge in [-0.3, -0.25) is 0 Å². The summed E-state index contributed by atoms with van der Waals surface area (Å²) in [6.45, 7) is -0.0661. The molecule has 2 rings (SSSR count). The summed E-state index contributed by atoms with van der Waals surface area (Å²) in [6, 6.07) is 6.12. The first kappa shape index (κ1) is 12.9. The van der Waals surface area contributed by atoms with Crippen molar-refractivity contribution in [2.45, 2.75) is 6.61 Å². The molecule has 0 unspecified atom stereocenters. The van der Waals surface area contributed by atoms with Crippen LogP contribution < -0.4 is 4.74 Å². The zero-order valence-electron chi connectivity index (χ0n) is 9.02. The van der Waals surface area contributed by atoms with Gasteiger partial charge in [0.05, 0.1) is 5.02 Å². The summed E-state index contributed by atoms with van der Waals surface area (Å²) in [6.07, 6.45) is 0.